The van der Waals surface area contributed by atoms with Gasteiger partial charge in [-0.05, 0) is 24.5 Å². The molecule has 0 saturated carbocycles. The first-order chi connectivity index (χ1) is 7.11. The second kappa shape index (κ2) is 5.71. The number of rotatable bonds is 4. The molecule has 0 radical (unpaired) electrons. The van der Waals surface area contributed by atoms with E-state index in [1.54, 1.807) is 12.1 Å². The van der Waals surface area contributed by atoms with Gasteiger partial charge in [0.25, 0.3) is 0 Å². The third-order valence-electron chi connectivity index (χ3n) is 1.91. The molecule has 0 aliphatic carbocycles. The van der Waals surface area contributed by atoms with Crippen molar-refractivity contribution in [2.24, 2.45) is 5.92 Å². The summed E-state index contributed by atoms with van der Waals surface area (Å²) in [6.07, 6.45) is 2.39. The SMILES string of the molecule is CC(C)CCOC(=O)c1cccnc1Cl. The summed E-state index contributed by atoms with van der Waals surface area (Å²) in [5.41, 5.74) is 0.322. The van der Waals surface area contributed by atoms with E-state index in [4.69, 9.17) is 16.3 Å². The van der Waals surface area contributed by atoms with Gasteiger partial charge >= 0.3 is 5.97 Å². The first-order valence-corrected chi connectivity index (χ1v) is 5.26. The van der Waals surface area contributed by atoms with Crippen molar-refractivity contribution in [1.82, 2.24) is 4.98 Å². The molecule has 82 valence electrons. The Hall–Kier alpha value is -1.09. The average molecular weight is 228 g/mol. The van der Waals surface area contributed by atoms with Gasteiger partial charge in [-0.2, -0.15) is 0 Å². The van der Waals surface area contributed by atoms with Gasteiger partial charge in [-0.1, -0.05) is 25.4 Å². The molecule has 1 rings (SSSR count). The molecule has 1 aromatic heterocycles. The van der Waals surface area contributed by atoms with Gasteiger partial charge in [-0.3, -0.25) is 0 Å². The van der Waals surface area contributed by atoms with Crippen LogP contribution in [0, 0.1) is 5.92 Å². The predicted molar refractivity (Wildman–Crippen MR) is 59.0 cm³/mol. The normalized spacial score (nSPS) is 10.4. The van der Waals surface area contributed by atoms with Gasteiger partial charge in [-0.25, -0.2) is 9.78 Å². The van der Waals surface area contributed by atoms with Crippen molar-refractivity contribution in [2.75, 3.05) is 6.61 Å². The average Bonchev–Trinajstić information content (AvgIpc) is 2.17. The summed E-state index contributed by atoms with van der Waals surface area (Å²) in [6.45, 7) is 4.57. The van der Waals surface area contributed by atoms with Crippen LogP contribution in [0.3, 0.4) is 0 Å². The number of halogens is 1. The Morgan fingerprint density at radius 2 is 2.33 bits per heavy atom. The minimum Gasteiger partial charge on any atom is -0.462 e. The predicted octanol–water partition coefficient (Wildman–Crippen LogP) is 2.94. The Morgan fingerprint density at radius 3 is 2.93 bits per heavy atom. The fraction of sp³-hybridized carbons (Fsp3) is 0.455. The van der Waals surface area contributed by atoms with Crippen molar-refractivity contribution in [2.45, 2.75) is 20.3 Å². The standard InChI is InChI=1S/C11H14ClNO2/c1-8(2)5-7-15-11(14)9-4-3-6-13-10(9)12/h3-4,6,8H,5,7H2,1-2H3. The van der Waals surface area contributed by atoms with Crippen molar-refractivity contribution >= 4 is 17.6 Å². The van der Waals surface area contributed by atoms with E-state index < -0.39 is 5.97 Å². The number of nitrogens with zero attached hydrogens (tertiary/aromatic N) is 1. The van der Waals surface area contributed by atoms with E-state index in [0.29, 0.717) is 18.1 Å². The van der Waals surface area contributed by atoms with Gasteiger partial charge in [0.2, 0.25) is 0 Å². The molecule has 0 aliphatic rings. The summed E-state index contributed by atoms with van der Waals surface area (Å²) in [7, 11) is 0. The smallest absolute Gasteiger partial charge is 0.341 e. The number of aromatic nitrogens is 1. The van der Waals surface area contributed by atoms with E-state index in [9.17, 15) is 4.79 Å². The van der Waals surface area contributed by atoms with Crippen LogP contribution in [0.2, 0.25) is 5.15 Å². The zero-order valence-electron chi connectivity index (χ0n) is 8.87. The van der Waals surface area contributed by atoms with Crippen molar-refractivity contribution < 1.29 is 9.53 Å². The molecule has 0 saturated heterocycles. The monoisotopic (exact) mass is 227 g/mol. The Labute approximate surface area is 94.4 Å². The number of carbonyl (C=O) groups is 1. The van der Waals surface area contributed by atoms with E-state index >= 15 is 0 Å². The zero-order chi connectivity index (χ0) is 11.3. The molecule has 0 aliphatic heterocycles. The van der Waals surface area contributed by atoms with E-state index in [1.165, 1.54) is 6.20 Å². The van der Waals surface area contributed by atoms with Gasteiger partial charge in [-0.15, -0.1) is 0 Å². The summed E-state index contributed by atoms with van der Waals surface area (Å²) in [5.74, 6) is 0.107. The molecule has 0 atom stereocenters. The fourth-order valence-electron chi connectivity index (χ4n) is 1.00. The van der Waals surface area contributed by atoms with Crippen LogP contribution in [-0.4, -0.2) is 17.6 Å². The quantitative estimate of drug-likeness (QED) is 0.587. The molecule has 0 N–H and O–H groups in total. The van der Waals surface area contributed by atoms with Gasteiger partial charge in [0, 0.05) is 6.20 Å². The van der Waals surface area contributed by atoms with E-state index in [-0.39, 0.29) is 5.15 Å². The molecule has 1 heterocycles. The maximum atomic E-state index is 11.5. The summed E-state index contributed by atoms with van der Waals surface area (Å²) in [4.78, 5) is 15.3. The number of ether oxygens (including phenoxy) is 1. The second-order valence-corrected chi connectivity index (χ2v) is 4.02. The van der Waals surface area contributed by atoms with E-state index in [1.807, 2.05) is 0 Å². The van der Waals surface area contributed by atoms with Gasteiger partial charge < -0.3 is 4.74 Å². The number of carbonyl (C=O) groups excluding carboxylic acids is 1. The molecule has 15 heavy (non-hydrogen) atoms. The highest BCUT2D eigenvalue weighted by Crippen LogP contribution is 2.13. The van der Waals surface area contributed by atoms with Crippen molar-refractivity contribution in [3.05, 3.63) is 29.0 Å². The molecule has 3 nitrogen and oxygen atoms in total. The zero-order valence-corrected chi connectivity index (χ0v) is 9.62. The van der Waals surface area contributed by atoms with Crippen molar-refractivity contribution in [3.8, 4) is 0 Å². The number of esters is 1. The number of pyridine rings is 1. The Kier molecular flexibility index (Phi) is 4.56. The van der Waals surface area contributed by atoms with Crippen LogP contribution in [0.5, 0.6) is 0 Å². The number of hydrogen-bond donors (Lipinski definition) is 0. The maximum Gasteiger partial charge on any atom is 0.341 e. The van der Waals surface area contributed by atoms with Crippen LogP contribution in [0.25, 0.3) is 0 Å². The summed E-state index contributed by atoms with van der Waals surface area (Å²) in [6, 6.07) is 3.26. The molecular weight excluding hydrogens is 214 g/mol. The highest BCUT2D eigenvalue weighted by Gasteiger charge is 2.11. The molecule has 1 aromatic rings. The molecule has 4 heteroatoms. The van der Waals surface area contributed by atoms with Crippen LogP contribution in [0.1, 0.15) is 30.6 Å². The highest BCUT2D eigenvalue weighted by atomic mass is 35.5. The lowest BCUT2D eigenvalue weighted by Gasteiger charge is -2.06. The molecule has 0 amide bonds. The van der Waals surface area contributed by atoms with Gasteiger partial charge in [0.1, 0.15) is 5.15 Å². The largest absolute Gasteiger partial charge is 0.462 e. The van der Waals surface area contributed by atoms with Crippen molar-refractivity contribution in [3.63, 3.8) is 0 Å². The second-order valence-electron chi connectivity index (χ2n) is 3.66. The van der Waals surface area contributed by atoms with Crippen LogP contribution in [-0.2, 0) is 4.74 Å². The first kappa shape index (κ1) is 12.0. The molecule has 0 aromatic carbocycles. The lowest BCUT2D eigenvalue weighted by molar-refractivity contribution is 0.0488. The minimum absolute atomic E-state index is 0.187. The highest BCUT2D eigenvalue weighted by molar-refractivity contribution is 6.32. The maximum absolute atomic E-state index is 11.5. The molecular formula is C11H14ClNO2. The van der Waals surface area contributed by atoms with E-state index in [0.717, 1.165) is 6.42 Å². The molecule has 0 spiro atoms. The molecule has 0 fully saturated rings. The number of hydrogen-bond acceptors (Lipinski definition) is 3. The molecule has 0 bridgehead atoms. The topological polar surface area (TPSA) is 39.2 Å². The van der Waals surface area contributed by atoms with Crippen LogP contribution in [0.15, 0.2) is 18.3 Å². The third-order valence-corrected chi connectivity index (χ3v) is 2.21. The summed E-state index contributed by atoms with van der Waals surface area (Å²) >= 11 is 5.75. The lowest BCUT2D eigenvalue weighted by Crippen LogP contribution is -2.09. The van der Waals surface area contributed by atoms with Crippen LogP contribution < -0.4 is 0 Å². The summed E-state index contributed by atoms with van der Waals surface area (Å²) < 4.78 is 5.06. The lowest BCUT2D eigenvalue weighted by atomic mass is 10.1. The van der Waals surface area contributed by atoms with Gasteiger partial charge in [0.15, 0.2) is 0 Å². The summed E-state index contributed by atoms with van der Waals surface area (Å²) in [5, 5.41) is 0.187. The third kappa shape index (κ3) is 3.88. The van der Waals surface area contributed by atoms with Crippen LogP contribution >= 0.6 is 11.6 Å². The first-order valence-electron chi connectivity index (χ1n) is 4.89. The fourth-order valence-corrected chi connectivity index (χ4v) is 1.20. The Bertz CT molecular complexity index is 339. The molecule has 0 unspecified atom stereocenters. The Morgan fingerprint density at radius 1 is 1.60 bits per heavy atom. The van der Waals surface area contributed by atoms with E-state index in [2.05, 4.69) is 18.8 Å². The van der Waals surface area contributed by atoms with Crippen molar-refractivity contribution in [1.29, 1.82) is 0 Å². The minimum atomic E-state index is -0.409. The van der Waals surface area contributed by atoms with Gasteiger partial charge in [0.05, 0.1) is 12.2 Å². The van der Waals surface area contributed by atoms with Crippen LogP contribution in [0.4, 0.5) is 0 Å². The Balaban J connectivity index is 2.51.